The van der Waals surface area contributed by atoms with E-state index < -0.39 is 0 Å². The lowest BCUT2D eigenvalue weighted by Crippen LogP contribution is -2.50. The molecule has 2 amide bonds. The van der Waals surface area contributed by atoms with Crippen molar-refractivity contribution in [2.75, 3.05) is 33.2 Å². The second-order valence-electron chi connectivity index (χ2n) is 8.40. The van der Waals surface area contributed by atoms with Gasteiger partial charge in [0.1, 0.15) is 0 Å². The minimum atomic E-state index is -0.388. The fraction of sp³-hybridized carbons (Fsp3) is 0.440. The van der Waals surface area contributed by atoms with E-state index in [2.05, 4.69) is 36.3 Å². The largest absolute Gasteiger partial charge is 0.354 e. The predicted octanol–water partition coefficient (Wildman–Crippen LogP) is 3.37. The van der Waals surface area contributed by atoms with Crippen LogP contribution in [-0.2, 0) is 11.2 Å². The number of hydrogen-bond acceptors (Lipinski definition) is 3. The van der Waals surface area contributed by atoms with Crippen LogP contribution in [0.4, 0.5) is 0 Å². The molecule has 1 N–H and O–H groups in total. The molecule has 0 saturated heterocycles. The van der Waals surface area contributed by atoms with E-state index in [-0.39, 0.29) is 23.8 Å². The van der Waals surface area contributed by atoms with E-state index >= 15 is 0 Å². The first-order valence-corrected chi connectivity index (χ1v) is 11.1. The smallest absolute Gasteiger partial charge is 0.254 e. The highest BCUT2D eigenvalue weighted by Gasteiger charge is 2.45. The van der Waals surface area contributed by atoms with Gasteiger partial charge in [0.15, 0.2) is 0 Å². The molecule has 0 aliphatic carbocycles. The third-order valence-corrected chi connectivity index (χ3v) is 6.40. The van der Waals surface area contributed by atoms with Crippen LogP contribution in [0.5, 0.6) is 0 Å². The van der Waals surface area contributed by atoms with Crippen molar-refractivity contribution >= 4 is 11.8 Å². The van der Waals surface area contributed by atoms with Crippen molar-refractivity contribution < 1.29 is 9.59 Å². The summed E-state index contributed by atoms with van der Waals surface area (Å²) in [6.07, 6.45) is 3.16. The highest BCUT2D eigenvalue weighted by molar-refractivity contribution is 6.01. The Bertz CT molecular complexity index is 926. The Morgan fingerprint density at radius 3 is 2.63 bits per heavy atom. The van der Waals surface area contributed by atoms with Gasteiger partial charge in [-0.05, 0) is 49.2 Å². The van der Waals surface area contributed by atoms with Crippen molar-refractivity contribution in [2.45, 2.75) is 38.1 Å². The summed E-state index contributed by atoms with van der Waals surface area (Å²) in [6.45, 7) is 5.31. The molecule has 2 aliphatic heterocycles. The van der Waals surface area contributed by atoms with Crippen LogP contribution in [-0.4, -0.2) is 54.8 Å². The van der Waals surface area contributed by atoms with Crippen molar-refractivity contribution in [3.63, 3.8) is 0 Å². The van der Waals surface area contributed by atoms with Crippen LogP contribution in [0.2, 0.25) is 0 Å². The summed E-state index contributed by atoms with van der Waals surface area (Å²) in [7, 11) is 2.09. The molecule has 4 rings (SSSR count). The Morgan fingerprint density at radius 1 is 1.10 bits per heavy atom. The summed E-state index contributed by atoms with van der Waals surface area (Å²) >= 11 is 0. The Hall–Kier alpha value is -2.66. The Morgan fingerprint density at radius 2 is 1.83 bits per heavy atom. The molecule has 0 aromatic heterocycles. The van der Waals surface area contributed by atoms with Gasteiger partial charge in [0.2, 0.25) is 5.91 Å². The molecule has 2 heterocycles. The van der Waals surface area contributed by atoms with Crippen LogP contribution in [0.1, 0.15) is 58.8 Å². The number of nitrogens with zero attached hydrogens (tertiary/aromatic N) is 2. The van der Waals surface area contributed by atoms with E-state index in [1.54, 1.807) is 0 Å². The lowest BCUT2D eigenvalue weighted by Gasteiger charge is -2.45. The van der Waals surface area contributed by atoms with Gasteiger partial charge in [0.05, 0.1) is 12.0 Å². The highest BCUT2D eigenvalue weighted by atomic mass is 16.2. The molecule has 2 aromatic carbocycles. The van der Waals surface area contributed by atoms with E-state index in [1.165, 1.54) is 12.0 Å². The second-order valence-corrected chi connectivity index (χ2v) is 8.40. The molecule has 0 fully saturated rings. The van der Waals surface area contributed by atoms with Crippen molar-refractivity contribution in [1.29, 1.82) is 0 Å². The fourth-order valence-corrected chi connectivity index (χ4v) is 4.78. The zero-order valence-electron chi connectivity index (χ0n) is 17.9. The van der Waals surface area contributed by atoms with Crippen LogP contribution in [0.3, 0.4) is 0 Å². The van der Waals surface area contributed by atoms with Crippen molar-refractivity contribution in [1.82, 2.24) is 15.1 Å². The van der Waals surface area contributed by atoms with Gasteiger partial charge in [-0.1, -0.05) is 55.8 Å². The number of unbranched alkanes of at least 4 members (excludes halogenated alkanes) is 1. The Labute approximate surface area is 179 Å². The molecule has 0 bridgehead atoms. The molecular weight excluding hydrogens is 374 g/mol. The van der Waals surface area contributed by atoms with Gasteiger partial charge in [0, 0.05) is 25.2 Å². The number of likely N-dealkylation sites (N-methyl/N-ethyl adjacent to an activating group) is 1. The maximum atomic E-state index is 13.5. The first-order chi connectivity index (χ1) is 14.6. The van der Waals surface area contributed by atoms with Gasteiger partial charge in [0.25, 0.3) is 5.91 Å². The summed E-state index contributed by atoms with van der Waals surface area (Å²) in [5, 5.41) is 3.16. The van der Waals surface area contributed by atoms with Gasteiger partial charge in [-0.3, -0.25) is 9.59 Å². The third-order valence-electron chi connectivity index (χ3n) is 6.40. The molecule has 0 radical (unpaired) electrons. The van der Waals surface area contributed by atoms with Crippen LogP contribution in [0, 0.1) is 0 Å². The van der Waals surface area contributed by atoms with E-state index in [0.717, 1.165) is 37.1 Å². The van der Waals surface area contributed by atoms with Gasteiger partial charge < -0.3 is 15.1 Å². The molecule has 0 unspecified atom stereocenters. The average molecular weight is 406 g/mol. The standard InChI is InChI=1S/C25H31N3O2/c1-3-4-15-27(2)17-14-26-24(29)22-20-11-7-8-12-21(20)25(30)28-16-13-18-9-5-6-10-19(18)23(22)28/h5-12,22-23H,3-4,13-17H2,1-2H3,(H,26,29)/t22-,23+/m1/s1. The van der Waals surface area contributed by atoms with E-state index in [0.29, 0.717) is 18.7 Å². The van der Waals surface area contributed by atoms with E-state index in [1.807, 2.05) is 41.3 Å². The van der Waals surface area contributed by atoms with Crippen molar-refractivity contribution in [3.8, 4) is 0 Å². The van der Waals surface area contributed by atoms with E-state index in [9.17, 15) is 9.59 Å². The Kier molecular flexibility index (Phi) is 6.18. The third kappa shape index (κ3) is 3.86. The molecule has 0 saturated carbocycles. The highest BCUT2D eigenvalue weighted by Crippen LogP contribution is 2.45. The van der Waals surface area contributed by atoms with Gasteiger partial charge in [-0.2, -0.15) is 0 Å². The quantitative estimate of drug-likeness (QED) is 0.768. The monoisotopic (exact) mass is 405 g/mol. The number of fused-ring (bicyclic) bond motifs is 4. The molecule has 2 atom stereocenters. The fourth-order valence-electron chi connectivity index (χ4n) is 4.78. The first-order valence-electron chi connectivity index (χ1n) is 11.1. The molecule has 2 aromatic rings. The summed E-state index contributed by atoms with van der Waals surface area (Å²) in [5.41, 5.74) is 3.85. The van der Waals surface area contributed by atoms with Crippen LogP contribution in [0.25, 0.3) is 0 Å². The summed E-state index contributed by atoms with van der Waals surface area (Å²) in [5.74, 6) is -0.347. The van der Waals surface area contributed by atoms with Crippen LogP contribution in [0.15, 0.2) is 48.5 Å². The number of hydrogen-bond donors (Lipinski definition) is 1. The normalized spacial score (nSPS) is 19.8. The Balaban J connectivity index is 1.61. The van der Waals surface area contributed by atoms with Crippen LogP contribution < -0.4 is 5.32 Å². The van der Waals surface area contributed by atoms with Gasteiger partial charge >= 0.3 is 0 Å². The zero-order valence-corrected chi connectivity index (χ0v) is 17.9. The molecule has 2 aliphatic rings. The minimum Gasteiger partial charge on any atom is -0.354 e. The number of nitrogens with one attached hydrogen (secondary N) is 1. The second kappa shape index (κ2) is 9.00. The number of rotatable bonds is 7. The molecular formula is C25H31N3O2. The lowest BCUT2D eigenvalue weighted by atomic mass is 9.76. The summed E-state index contributed by atoms with van der Waals surface area (Å²) in [6, 6.07) is 15.6. The van der Waals surface area contributed by atoms with Crippen LogP contribution >= 0.6 is 0 Å². The predicted molar refractivity (Wildman–Crippen MR) is 119 cm³/mol. The topological polar surface area (TPSA) is 52.7 Å². The lowest BCUT2D eigenvalue weighted by molar-refractivity contribution is -0.124. The molecule has 5 heteroatoms. The van der Waals surface area contributed by atoms with Gasteiger partial charge in [-0.15, -0.1) is 0 Å². The van der Waals surface area contributed by atoms with Gasteiger partial charge in [-0.25, -0.2) is 0 Å². The number of benzene rings is 2. The minimum absolute atomic E-state index is 0.00513. The summed E-state index contributed by atoms with van der Waals surface area (Å²) in [4.78, 5) is 30.8. The maximum Gasteiger partial charge on any atom is 0.254 e. The molecule has 30 heavy (non-hydrogen) atoms. The number of amides is 2. The summed E-state index contributed by atoms with van der Waals surface area (Å²) < 4.78 is 0. The first kappa shape index (κ1) is 20.6. The molecule has 5 nitrogen and oxygen atoms in total. The van der Waals surface area contributed by atoms with Crippen molar-refractivity contribution in [3.05, 3.63) is 70.8 Å². The average Bonchev–Trinajstić information content (AvgIpc) is 2.77. The van der Waals surface area contributed by atoms with Crippen molar-refractivity contribution in [2.24, 2.45) is 0 Å². The number of carbonyl (C=O) groups is 2. The van der Waals surface area contributed by atoms with E-state index in [4.69, 9.17) is 0 Å². The molecule has 158 valence electrons. The molecule has 0 spiro atoms. The SMILES string of the molecule is CCCCN(C)CCNC(=O)[C@@H]1c2ccccc2C(=O)N2CCc3ccccc3[C@@H]12. The number of carbonyl (C=O) groups excluding carboxylic acids is 2. The maximum absolute atomic E-state index is 13.5. The zero-order chi connectivity index (χ0) is 21.1.